The lowest BCUT2D eigenvalue weighted by Crippen LogP contribution is -2.25. The third-order valence-electron chi connectivity index (χ3n) is 8.83. The van der Waals surface area contributed by atoms with Crippen molar-refractivity contribution in [2.24, 2.45) is 0 Å². The monoisotopic (exact) mass is 812 g/mol. The molecule has 57 heavy (non-hydrogen) atoms. The minimum atomic E-state index is -0.357. The molecule has 4 amide bonds. The fraction of sp³-hybridized carbons (Fsp3) is 0.250. The normalized spacial score (nSPS) is 16.1. The molecule has 2 unspecified atom stereocenters. The number of carbonyl (C=O) groups is 4. The van der Waals surface area contributed by atoms with Crippen molar-refractivity contribution in [2.45, 2.75) is 23.3 Å². The number of thioether (sulfide) groups is 2. The van der Waals surface area contributed by atoms with E-state index in [1.54, 1.807) is 0 Å². The van der Waals surface area contributed by atoms with E-state index < -0.39 is 0 Å². The molecule has 0 spiro atoms. The second-order valence-electron chi connectivity index (χ2n) is 12.9. The Kier molecular flexibility index (Phi) is 13.3. The van der Waals surface area contributed by atoms with E-state index in [4.69, 9.17) is 18.3 Å². The number of nitrogens with zero attached hydrogens (tertiary/aromatic N) is 4. The standard InChI is InChI=1S/2C20H19N3O4S.H2O/c2*1-23(19-21-15-4-2-3-5-16(15)27-19)10-11-26-14-8-6-13(7-9-14)12-17-18(24)22-20(25)28-17;/h2*2-9,17H,10-12H2,1H3,(H,22,24,25);1H2. The summed E-state index contributed by atoms with van der Waals surface area (Å²) in [4.78, 5) is 58.5. The zero-order chi connectivity index (χ0) is 39.0. The lowest BCUT2D eigenvalue weighted by molar-refractivity contribution is -0.119. The van der Waals surface area contributed by atoms with Gasteiger partial charge in [-0.2, -0.15) is 9.97 Å². The van der Waals surface area contributed by atoms with E-state index in [1.165, 1.54) is 0 Å². The highest BCUT2D eigenvalue weighted by Gasteiger charge is 2.32. The fourth-order valence-corrected chi connectivity index (χ4v) is 7.49. The van der Waals surface area contributed by atoms with Gasteiger partial charge in [0.25, 0.3) is 22.5 Å². The highest BCUT2D eigenvalue weighted by Crippen LogP contribution is 2.26. The number of para-hydroxylation sites is 4. The van der Waals surface area contributed by atoms with Crippen LogP contribution in [0.15, 0.2) is 106 Å². The van der Waals surface area contributed by atoms with E-state index in [9.17, 15) is 19.2 Å². The van der Waals surface area contributed by atoms with Gasteiger partial charge in [-0.05, 0) is 72.5 Å². The number of oxazole rings is 2. The molecule has 2 atom stereocenters. The number of benzene rings is 4. The predicted octanol–water partition coefficient (Wildman–Crippen LogP) is 5.65. The Balaban J connectivity index is 0.000000189. The van der Waals surface area contributed by atoms with Crippen LogP contribution >= 0.6 is 23.5 Å². The average Bonchev–Trinajstić information content (AvgIpc) is 3.98. The Morgan fingerprint density at radius 1 is 0.596 bits per heavy atom. The van der Waals surface area contributed by atoms with Crippen molar-refractivity contribution in [1.29, 1.82) is 0 Å². The number of nitrogens with one attached hydrogen (secondary N) is 2. The molecule has 2 aromatic heterocycles. The van der Waals surface area contributed by atoms with Gasteiger partial charge in [0.1, 0.15) is 35.7 Å². The molecule has 2 aliphatic rings. The lowest BCUT2D eigenvalue weighted by Gasteiger charge is -2.15. The second-order valence-corrected chi connectivity index (χ2v) is 15.3. The molecule has 4 aromatic carbocycles. The summed E-state index contributed by atoms with van der Waals surface area (Å²) in [6.07, 6.45) is 1.03. The van der Waals surface area contributed by atoms with Gasteiger partial charge >= 0.3 is 0 Å². The molecule has 6 aromatic rings. The highest BCUT2D eigenvalue weighted by atomic mass is 32.2. The summed E-state index contributed by atoms with van der Waals surface area (Å²) in [6.45, 7) is 2.19. The molecule has 0 saturated carbocycles. The number of amides is 4. The topological polar surface area (TPSA) is 201 Å². The summed E-state index contributed by atoms with van der Waals surface area (Å²) in [6, 6.07) is 31.5. The van der Waals surface area contributed by atoms with Gasteiger partial charge in [-0.1, -0.05) is 72.1 Å². The van der Waals surface area contributed by atoms with E-state index in [0.29, 0.717) is 51.2 Å². The molecule has 2 aliphatic heterocycles. The van der Waals surface area contributed by atoms with Gasteiger partial charge in [0.2, 0.25) is 11.8 Å². The summed E-state index contributed by atoms with van der Waals surface area (Å²) in [5.74, 6) is 1.04. The van der Waals surface area contributed by atoms with Gasteiger partial charge in [-0.25, -0.2) is 0 Å². The SMILES string of the molecule is CN(CCOc1ccc(CC2SC(=O)NC2=O)cc1)c1nc2ccccc2o1.CN(CCOc1ccc(CC2SC(=O)NC2=O)cc1)c1nc2ccccc2o1.O. The number of ether oxygens (including phenoxy) is 2. The van der Waals surface area contributed by atoms with Crippen molar-refractivity contribution in [1.82, 2.24) is 20.6 Å². The molecule has 4 N–H and O–H groups in total. The molecule has 2 saturated heterocycles. The number of rotatable bonds is 14. The minimum Gasteiger partial charge on any atom is -0.492 e. The first-order valence-corrected chi connectivity index (χ1v) is 19.5. The van der Waals surface area contributed by atoms with Crippen LogP contribution in [0.5, 0.6) is 11.5 Å². The quantitative estimate of drug-likeness (QED) is 0.137. The van der Waals surface area contributed by atoms with Crippen molar-refractivity contribution in [2.75, 3.05) is 50.2 Å². The van der Waals surface area contributed by atoms with Crippen LogP contribution in [-0.2, 0) is 22.4 Å². The van der Waals surface area contributed by atoms with Gasteiger partial charge in [0.15, 0.2) is 11.2 Å². The van der Waals surface area contributed by atoms with Crippen LogP contribution in [0.2, 0.25) is 0 Å². The molecule has 0 radical (unpaired) electrons. The van der Waals surface area contributed by atoms with Gasteiger partial charge in [0.05, 0.1) is 23.6 Å². The summed E-state index contributed by atoms with van der Waals surface area (Å²) in [7, 11) is 3.81. The second kappa shape index (κ2) is 18.7. The van der Waals surface area contributed by atoms with Crippen molar-refractivity contribution in [3.8, 4) is 11.5 Å². The highest BCUT2D eigenvalue weighted by molar-refractivity contribution is 8.15. The maximum Gasteiger partial charge on any atom is 0.298 e. The maximum atomic E-state index is 11.6. The van der Waals surface area contributed by atoms with Crippen molar-refractivity contribution in [3.63, 3.8) is 0 Å². The lowest BCUT2D eigenvalue weighted by atomic mass is 10.1. The Labute approximate surface area is 335 Å². The molecular formula is C40H40N6O9S2. The predicted molar refractivity (Wildman–Crippen MR) is 219 cm³/mol. The number of hydrogen-bond acceptors (Lipinski definition) is 14. The zero-order valence-corrected chi connectivity index (χ0v) is 32.6. The van der Waals surface area contributed by atoms with E-state index in [1.807, 2.05) is 121 Å². The number of carbonyl (C=O) groups excluding carboxylic acids is 4. The van der Waals surface area contributed by atoms with Crippen LogP contribution in [0, 0.1) is 0 Å². The van der Waals surface area contributed by atoms with Crippen molar-refractivity contribution >= 4 is 80.0 Å². The first-order chi connectivity index (χ1) is 27.2. The molecule has 8 rings (SSSR count). The molecule has 0 bridgehead atoms. The number of imide groups is 2. The first kappa shape index (κ1) is 40.6. The number of hydrogen-bond donors (Lipinski definition) is 2. The molecule has 0 aliphatic carbocycles. The smallest absolute Gasteiger partial charge is 0.298 e. The van der Waals surface area contributed by atoms with E-state index in [2.05, 4.69) is 20.6 Å². The zero-order valence-electron chi connectivity index (χ0n) is 31.0. The van der Waals surface area contributed by atoms with Crippen LogP contribution in [0.25, 0.3) is 22.2 Å². The molecule has 15 nitrogen and oxygen atoms in total. The van der Waals surface area contributed by atoms with Crippen molar-refractivity contribution in [3.05, 3.63) is 108 Å². The largest absolute Gasteiger partial charge is 0.492 e. The Hall–Kier alpha value is -6.04. The van der Waals surface area contributed by atoms with Gasteiger partial charge < -0.3 is 33.6 Å². The van der Waals surface area contributed by atoms with Crippen LogP contribution < -0.4 is 29.9 Å². The summed E-state index contributed by atoms with van der Waals surface area (Å²) >= 11 is 2.08. The maximum absolute atomic E-state index is 11.6. The van der Waals surface area contributed by atoms with Crippen molar-refractivity contribution < 1.29 is 43.0 Å². The molecule has 4 heterocycles. The number of anilines is 2. The summed E-state index contributed by atoms with van der Waals surface area (Å²) < 4.78 is 23.0. The number of fused-ring (bicyclic) bond motifs is 2. The van der Waals surface area contributed by atoms with E-state index in [-0.39, 0.29) is 38.3 Å². The van der Waals surface area contributed by atoms with Crippen LogP contribution in [0.1, 0.15) is 11.1 Å². The van der Waals surface area contributed by atoms with E-state index in [0.717, 1.165) is 68.3 Å². The van der Waals surface area contributed by atoms with Gasteiger partial charge in [-0.15, -0.1) is 0 Å². The number of aromatic nitrogens is 2. The summed E-state index contributed by atoms with van der Waals surface area (Å²) in [5, 5.41) is 3.33. The molecule has 2 fully saturated rings. The van der Waals surface area contributed by atoms with Crippen LogP contribution in [0.3, 0.4) is 0 Å². The number of likely N-dealkylation sites (N-methyl/N-ethyl adjacent to an activating group) is 2. The van der Waals surface area contributed by atoms with Crippen LogP contribution in [0.4, 0.5) is 21.6 Å². The third kappa shape index (κ3) is 10.6. The van der Waals surface area contributed by atoms with Gasteiger partial charge in [0, 0.05) is 14.1 Å². The molecule has 17 heteroatoms. The Bertz CT molecular complexity index is 2100. The Morgan fingerprint density at radius 2 is 0.982 bits per heavy atom. The Morgan fingerprint density at radius 3 is 1.33 bits per heavy atom. The molecule has 296 valence electrons. The fourth-order valence-electron chi connectivity index (χ4n) is 5.77. The van der Waals surface area contributed by atoms with Crippen LogP contribution in [-0.4, -0.2) is 88.6 Å². The minimum absolute atomic E-state index is 0. The first-order valence-electron chi connectivity index (χ1n) is 17.8. The van der Waals surface area contributed by atoms with Gasteiger partial charge in [-0.3, -0.25) is 29.8 Å². The van der Waals surface area contributed by atoms with E-state index >= 15 is 0 Å². The summed E-state index contributed by atoms with van der Waals surface area (Å²) in [5.41, 5.74) is 5.15. The average molecular weight is 813 g/mol. The molecular weight excluding hydrogens is 773 g/mol. The third-order valence-corrected chi connectivity index (χ3v) is 10.8.